The predicted molar refractivity (Wildman–Crippen MR) is 159 cm³/mol. The van der Waals surface area contributed by atoms with Gasteiger partial charge in [-0.05, 0) is 87.5 Å². The fourth-order valence-electron chi connectivity index (χ4n) is 6.29. The van der Waals surface area contributed by atoms with Crippen molar-refractivity contribution in [3.8, 4) is 17.5 Å². The Balaban J connectivity index is 1.34. The molecular weight excluding hydrogens is 548 g/mol. The Hall–Kier alpha value is -4.46. The Morgan fingerprint density at radius 1 is 0.907 bits per heavy atom. The Labute approximate surface area is 251 Å². The first kappa shape index (κ1) is 30.0. The van der Waals surface area contributed by atoms with Gasteiger partial charge in [-0.2, -0.15) is 10.4 Å². The number of esters is 2. The molecule has 1 amide bonds. The van der Waals surface area contributed by atoms with Crippen LogP contribution in [0.1, 0.15) is 80.1 Å². The molecule has 43 heavy (non-hydrogen) atoms. The van der Waals surface area contributed by atoms with Gasteiger partial charge in [-0.25, -0.2) is 4.52 Å². The lowest BCUT2D eigenvalue weighted by Crippen LogP contribution is -2.38. The quantitative estimate of drug-likeness (QED) is 0.342. The number of hydrogen-bond acceptors (Lipinski definition) is 9. The Kier molecular flexibility index (Phi) is 9.55. The van der Waals surface area contributed by atoms with Gasteiger partial charge in [0.2, 0.25) is 0 Å². The first-order chi connectivity index (χ1) is 20.9. The van der Waals surface area contributed by atoms with Crippen molar-refractivity contribution in [1.82, 2.24) is 19.9 Å². The van der Waals surface area contributed by atoms with Gasteiger partial charge in [-0.1, -0.05) is 0 Å². The summed E-state index contributed by atoms with van der Waals surface area (Å²) in [4.78, 5) is 41.7. The summed E-state index contributed by atoms with van der Waals surface area (Å²) in [6.45, 7) is 0. The minimum Gasteiger partial charge on any atom is -0.469 e. The summed E-state index contributed by atoms with van der Waals surface area (Å²) in [5.41, 5.74) is 3.82. The molecule has 2 aliphatic rings. The van der Waals surface area contributed by atoms with E-state index in [0.29, 0.717) is 41.3 Å². The van der Waals surface area contributed by atoms with E-state index >= 15 is 0 Å². The molecule has 3 heterocycles. The van der Waals surface area contributed by atoms with Crippen LogP contribution in [0.15, 0.2) is 36.7 Å². The molecule has 0 bridgehead atoms. The number of rotatable bonds is 9. The highest BCUT2D eigenvalue weighted by Crippen LogP contribution is 2.32. The molecule has 2 saturated carbocycles. The van der Waals surface area contributed by atoms with E-state index < -0.39 is 0 Å². The second kappa shape index (κ2) is 13.7. The maximum atomic E-state index is 13.6. The number of amides is 1. The van der Waals surface area contributed by atoms with Crippen LogP contribution in [-0.2, 0) is 19.1 Å². The Bertz CT molecular complexity index is 1510. The molecule has 0 aromatic carbocycles. The van der Waals surface area contributed by atoms with E-state index in [1.165, 1.54) is 20.4 Å². The first-order valence-electron chi connectivity index (χ1n) is 15.0. The Morgan fingerprint density at radius 2 is 1.53 bits per heavy atom. The fraction of sp³-hybridized carbons (Fsp3) is 0.500. The standard InChI is InChI=1S/C32H38N6O5/c1-42-30(39)14-20-3-7-23(8-4-20)36-27-16-28(29-12-11-25-13-22(17-33)18-35-38(25)29)34-19-26(27)32(41)37-24-9-5-21(6-10-24)15-31(40)43-2/h11-13,16,18-21,23-24H,3-10,14-15H2,1-2H3,(H,34,36)(H,37,41). The first-order valence-corrected chi connectivity index (χ1v) is 15.0. The van der Waals surface area contributed by atoms with Crippen molar-refractivity contribution < 1.29 is 23.9 Å². The van der Waals surface area contributed by atoms with Crippen molar-refractivity contribution in [3.63, 3.8) is 0 Å². The van der Waals surface area contributed by atoms with Gasteiger partial charge in [0.15, 0.2) is 0 Å². The summed E-state index contributed by atoms with van der Waals surface area (Å²) in [5, 5.41) is 20.5. The molecule has 5 rings (SSSR count). The smallest absolute Gasteiger partial charge is 0.305 e. The number of nitriles is 1. The number of nitrogens with one attached hydrogen (secondary N) is 2. The number of fused-ring (bicyclic) bond motifs is 1. The third-order valence-corrected chi connectivity index (χ3v) is 8.79. The van der Waals surface area contributed by atoms with E-state index in [9.17, 15) is 19.6 Å². The minimum absolute atomic E-state index is 0.0239. The monoisotopic (exact) mass is 586 g/mol. The summed E-state index contributed by atoms with van der Waals surface area (Å²) in [6, 6.07) is 9.73. The van der Waals surface area contributed by atoms with Crippen molar-refractivity contribution >= 4 is 29.0 Å². The summed E-state index contributed by atoms with van der Waals surface area (Å²) in [5.74, 6) is 0.0255. The molecule has 0 radical (unpaired) electrons. The van der Waals surface area contributed by atoms with Gasteiger partial charge in [0, 0.05) is 31.1 Å². The van der Waals surface area contributed by atoms with Crippen LogP contribution in [0.4, 0.5) is 5.69 Å². The van der Waals surface area contributed by atoms with E-state index in [0.717, 1.165) is 62.6 Å². The van der Waals surface area contributed by atoms with Crippen LogP contribution in [0.3, 0.4) is 0 Å². The second-order valence-corrected chi connectivity index (χ2v) is 11.6. The van der Waals surface area contributed by atoms with Crippen LogP contribution < -0.4 is 10.6 Å². The van der Waals surface area contributed by atoms with E-state index in [1.807, 2.05) is 18.2 Å². The summed E-state index contributed by atoms with van der Waals surface area (Å²) in [7, 11) is 2.83. The van der Waals surface area contributed by atoms with Crippen molar-refractivity contribution in [2.45, 2.75) is 76.3 Å². The summed E-state index contributed by atoms with van der Waals surface area (Å²) >= 11 is 0. The lowest BCUT2D eigenvalue weighted by Gasteiger charge is -2.31. The summed E-state index contributed by atoms with van der Waals surface area (Å²) < 4.78 is 11.4. The molecular formula is C32H38N6O5. The molecule has 0 atom stereocenters. The molecule has 0 aliphatic heterocycles. The van der Waals surface area contributed by atoms with E-state index in [2.05, 4.69) is 26.8 Å². The maximum Gasteiger partial charge on any atom is 0.305 e. The van der Waals surface area contributed by atoms with Crippen LogP contribution in [0.5, 0.6) is 0 Å². The zero-order valence-electron chi connectivity index (χ0n) is 24.7. The highest BCUT2D eigenvalue weighted by Gasteiger charge is 2.28. The average molecular weight is 587 g/mol. The molecule has 226 valence electrons. The molecule has 11 nitrogen and oxygen atoms in total. The molecule has 11 heteroatoms. The van der Waals surface area contributed by atoms with Crippen LogP contribution in [0.2, 0.25) is 0 Å². The van der Waals surface area contributed by atoms with Crippen LogP contribution in [-0.4, -0.2) is 58.7 Å². The normalized spacial score (nSPS) is 21.9. The molecule has 0 saturated heterocycles. The SMILES string of the molecule is COC(=O)CC1CCC(NC(=O)c2cnc(-c3ccc4cc(C#N)cnn34)cc2NC2CCC(CC(=O)OC)CC2)CC1. The predicted octanol–water partition coefficient (Wildman–Crippen LogP) is 4.65. The molecule has 0 spiro atoms. The number of hydrogen-bond donors (Lipinski definition) is 2. The van der Waals surface area contributed by atoms with Gasteiger partial charge in [-0.15, -0.1) is 0 Å². The van der Waals surface area contributed by atoms with Crippen molar-refractivity contribution in [3.05, 3.63) is 47.8 Å². The third kappa shape index (κ3) is 7.31. The van der Waals surface area contributed by atoms with Crippen molar-refractivity contribution in [1.29, 1.82) is 5.26 Å². The number of pyridine rings is 1. The number of carbonyl (C=O) groups is 3. The number of aromatic nitrogens is 3. The van der Waals surface area contributed by atoms with E-state index in [1.54, 1.807) is 16.8 Å². The molecule has 2 fully saturated rings. The van der Waals surface area contributed by atoms with Crippen molar-refractivity contribution in [2.24, 2.45) is 11.8 Å². The molecule has 3 aromatic rings. The van der Waals surface area contributed by atoms with Crippen LogP contribution >= 0.6 is 0 Å². The molecule has 0 unspecified atom stereocenters. The highest BCUT2D eigenvalue weighted by molar-refractivity contribution is 6.00. The second-order valence-electron chi connectivity index (χ2n) is 11.6. The summed E-state index contributed by atoms with van der Waals surface area (Å²) in [6.07, 6.45) is 10.8. The van der Waals surface area contributed by atoms with Gasteiger partial charge in [0.25, 0.3) is 5.91 Å². The average Bonchev–Trinajstić information content (AvgIpc) is 3.46. The van der Waals surface area contributed by atoms with Crippen LogP contribution in [0, 0.1) is 23.2 Å². The lowest BCUT2D eigenvalue weighted by molar-refractivity contribution is -0.142. The topological polar surface area (TPSA) is 148 Å². The number of anilines is 1. The minimum atomic E-state index is -0.190. The van der Waals surface area contributed by atoms with Gasteiger partial charge < -0.3 is 20.1 Å². The third-order valence-electron chi connectivity index (χ3n) is 8.79. The molecule has 2 aliphatic carbocycles. The van der Waals surface area contributed by atoms with Gasteiger partial charge in [0.1, 0.15) is 6.07 Å². The molecule has 3 aromatic heterocycles. The number of methoxy groups -OCH3 is 2. The zero-order valence-corrected chi connectivity index (χ0v) is 24.7. The van der Waals surface area contributed by atoms with Gasteiger partial charge in [-0.3, -0.25) is 19.4 Å². The van der Waals surface area contributed by atoms with Gasteiger partial charge in [0.05, 0.1) is 54.1 Å². The Morgan fingerprint density at radius 3 is 2.14 bits per heavy atom. The number of carbonyl (C=O) groups excluding carboxylic acids is 3. The highest BCUT2D eigenvalue weighted by atomic mass is 16.5. The zero-order chi connectivity index (χ0) is 30.3. The van der Waals surface area contributed by atoms with Crippen LogP contribution in [0.25, 0.3) is 16.9 Å². The van der Waals surface area contributed by atoms with Crippen molar-refractivity contribution in [2.75, 3.05) is 19.5 Å². The van der Waals surface area contributed by atoms with E-state index in [4.69, 9.17) is 9.47 Å². The number of ether oxygens (including phenoxy) is 2. The fourth-order valence-corrected chi connectivity index (χ4v) is 6.29. The maximum absolute atomic E-state index is 13.6. The molecule has 2 N–H and O–H groups in total. The lowest BCUT2D eigenvalue weighted by atomic mass is 9.84. The largest absolute Gasteiger partial charge is 0.469 e. The number of nitrogens with zero attached hydrogens (tertiary/aromatic N) is 4. The van der Waals surface area contributed by atoms with E-state index in [-0.39, 0.29) is 35.8 Å². The van der Waals surface area contributed by atoms with Gasteiger partial charge >= 0.3 is 11.9 Å².